The minimum atomic E-state index is -0.976. The van der Waals surface area contributed by atoms with Gasteiger partial charge in [-0.05, 0) is 30.7 Å². The van der Waals surface area contributed by atoms with Gasteiger partial charge < -0.3 is 9.47 Å². The van der Waals surface area contributed by atoms with Crippen LogP contribution in [0.25, 0.3) is 12.2 Å². The molecule has 0 amide bonds. The van der Waals surface area contributed by atoms with Crippen LogP contribution in [-0.2, 0) is 23.6 Å². The van der Waals surface area contributed by atoms with E-state index in [-0.39, 0.29) is 18.9 Å². The van der Waals surface area contributed by atoms with Gasteiger partial charge in [-0.1, -0.05) is 18.2 Å². The third-order valence-electron chi connectivity index (χ3n) is 3.84. The molecule has 0 bridgehead atoms. The molecule has 0 unspecified atom stereocenters. The number of benzene rings is 1. The van der Waals surface area contributed by atoms with Crippen molar-refractivity contribution in [2.24, 2.45) is 14.1 Å². The lowest BCUT2D eigenvalue weighted by Gasteiger charge is -2.07. The van der Waals surface area contributed by atoms with Crippen molar-refractivity contribution in [1.82, 2.24) is 9.13 Å². The van der Waals surface area contributed by atoms with E-state index in [0.717, 1.165) is 4.57 Å². The van der Waals surface area contributed by atoms with Crippen molar-refractivity contribution in [2.45, 2.75) is 6.92 Å². The summed E-state index contributed by atoms with van der Waals surface area (Å²) >= 11 is 0. The van der Waals surface area contributed by atoms with E-state index in [0.29, 0.717) is 15.9 Å². The summed E-state index contributed by atoms with van der Waals surface area (Å²) in [5, 5.41) is 11.3. The monoisotopic (exact) mass is 389 g/mol. The first-order valence-corrected chi connectivity index (χ1v) is 8.27. The minimum absolute atomic E-state index is 0.110. The second-order valence-corrected chi connectivity index (χ2v) is 5.69. The van der Waals surface area contributed by atoms with Crippen molar-refractivity contribution in [3.05, 3.63) is 66.5 Å². The fourth-order valence-electron chi connectivity index (χ4n) is 2.40. The maximum atomic E-state index is 12.1. The molecule has 0 spiro atoms. The van der Waals surface area contributed by atoms with Gasteiger partial charge >= 0.3 is 22.9 Å². The summed E-state index contributed by atoms with van der Waals surface area (Å²) in [5.74, 6) is -0.0393. The lowest BCUT2D eigenvalue weighted by Crippen LogP contribution is -2.39. The van der Waals surface area contributed by atoms with Crippen molar-refractivity contribution in [1.29, 1.82) is 0 Å². The van der Waals surface area contributed by atoms with Crippen LogP contribution in [0.4, 0.5) is 5.69 Å². The molecule has 1 aromatic heterocycles. The molecule has 148 valence electrons. The summed E-state index contributed by atoms with van der Waals surface area (Å²) in [6.45, 7) is 1.75. The second kappa shape index (κ2) is 8.80. The highest BCUT2D eigenvalue weighted by Gasteiger charge is 2.23. The van der Waals surface area contributed by atoms with Crippen molar-refractivity contribution in [3.8, 4) is 5.75 Å². The first-order chi connectivity index (χ1) is 13.3. The molecular formula is C18H19N3O7. The van der Waals surface area contributed by atoms with Gasteiger partial charge in [0.1, 0.15) is 11.4 Å². The fourth-order valence-corrected chi connectivity index (χ4v) is 2.40. The number of hydrogen-bond donors (Lipinski definition) is 0. The maximum Gasteiger partial charge on any atom is 0.357 e. The first-order valence-electron chi connectivity index (χ1n) is 8.27. The zero-order chi connectivity index (χ0) is 20.8. The topological polar surface area (TPSA) is 123 Å². The SMILES string of the molecule is CCOC(=O)COc1ccc(/C=C/c2c([N+](=O)[O-])c(=O)n(C)c(=O)n2C)cc1. The van der Waals surface area contributed by atoms with E-state index in [1.807, 2.05) is 0 Å². The predicted octanol–water partition coefficient (Wildman–Crippen LogP) is 1.10. The Hall–Kier alpha value is -3.69. The predicted molar refractivity (Wildman–Crippen MR) is 101 cm³/mol. The summed E-state index contributed by atoms with van der Waals surface area (Å²) in [6, 6.07) is 6.52. The number of aromatic nitrogens is 2. The van der Waals surface area contributed by atoms with E-state index < -0.39 is 27.8 Å². The van der Waals surface area contributed by atoms with Crippen LogP contribution in [0.5, 0.6) is 5.75 Å². The lowest BCUT2D eigenvalue weighted by atomic mass is 10.2. The molecule has 0 atom stereocenters. The Bertz CT molecular complexity index is 1030. The Morgan fingerprint density at radius 1 is 1.14 bits per heavy atom. The first kappa shape index (κ1) is 20.6. The van der Waals surface area contributed by atoms with Crippen LogP contribution in [0.3, 0.4) is 0 Å². The zero-order valence-corrected chi connectivity index (χ0v) is 15.6. The number of carbonyl (C=O) groups excluding carboxylic acids is 1. The van der Waals surface area contributed by atoms with E-state index in [1.165, 1.54) is 26.2 Å². The Morgan fingerprint density at radius 2 is 1.79 bits per heavy atom. The van der Waals surface area contributed by atoms with Crippen LogP contribution in [0.15, 0.2) is 33.9 Å². The summed E-state index contributed by atoms with van der Waals surface area (Å²) in [5.41, 5.74) is -1.80. The number of ether oxygens (including phenoxy) is 2. The standard InChI is InChI=1S/C18H19N3O7/c1-4-27-15(22)11-28-13-8-5-12(6-9-13)7-10-14-16(21(25)26)17(23)20(3)18(24)19(14)2/h5-10H,4,11H2,1-3H3/b10-7+. The van der Waals surface area contributed by atoms with E-state index in [4.69, 9.17) is 9.47 Å². The summed E-state index contributed by atoms with van der Waals surface area (Å²) in [6.07, 6.45) is 2.85. The van der Waals surface area contributed by atoms with Crippen molar-refractivity contribution >= 4 is 23.8 Å². The second-order valence-electron chi connectivity index (χ2n) is 5.69. The highest BCUT2D eigenvalue weighted by molar-refractivity contribution is 5.72. The van der Waals surface area contributed by atoms with E-state index in [9.17, 15) is 24.5 Å². The molecule has 1 heterocycles. The number of nitro groups is 1. The van der Waals surface area contributed by atoms with Crippen LogP contribution in [-0.4, -0.2) is 33.2 Å². The van der Waals surface area contributed by atoms with Crippen LogP contribution >= 0.6 is 0 Å². The zero-order valence-electron chi connectivity index (χ0n) is 15.6. The van der Waals surface area contributed by atoms with Gasteiger partial charge in [0.25, 0.3) is 0 Å². The molecular weight excluding hydrogens is 370 g/mol. The van der Waals surface area contributed by atoms with Crippen molar-refractivity contribution in [3.63, 3.8) is 0 Å². The van der Waals surface area contributed by atoms with Gasteiger partial charge in [-0.3, -0.25) is 24.0 Å². The largest absolute Gasteiger partial charge is 0.482 e. The van der Waals surface area contributed by atoms with Gasteiger partial charge in [0, 0.05) is 14.1 Å². The minimum Gasteiger partial charge on any atom is -0.482 e. The molecule has 0 fully saturated rings. The third-order valence-corrected chi connectivity index (χ3v) is 3.84. The normalized spacial score (nSPS) is 10.8. The van der Waals surface area contributed by atoms with Gasteiger partial charge in [-0.15, -0.1) is 0 Å². The van der Waals surface area contributed by atoms with Gasteiger partial charge in [0.05, 0.1) is 11.5 Å². The number of carbonyl (C=O) groups is 1. The highest BCUT2D eigenvalue weighted by atomic mass is 16.6. The Balaban J connectivity index is 2.27. The van der Waals surface area contributed by atoms with Gasteiger partial charge in [0.2, 0.25) is 0 Å². The summed E-state index contributed by atoms with van der Waals surface area (Å²) in [4.78, 5) is 45.8. The van der Waals surface area contributed by atoms with Crippen molar-refractivity contribution in [2.75, 3.05) is 13.2 Å². The highest BCUT2D eigenvalue weighted by Crippen LogP contribution is 2.17. The van der Waals surface area contributed by atoms with E-state index in [2.05, 4.69) is 0 Å². The number of esters is 1. The average Bonchev–Trinajstić information content (AvgIpc) is 2.67. The average molecular weight is 389 g/mol. The fraction of sp³-hybridized carbons (Fsp3) is 0.278. The van der Waals surface area contributed by atoms with E-state index in [1.54, 1.807) is 31.2 Å². The lowest BCUT2D eigenvalue weighted by molar-refractivity contribution is -0.387. The molecule has 10 heteroatoms. The van der Waals surface area contributed by atoms with Crippen LogP contribution in [0, 0.1) is 10.1 Å². The maximum absolute atomic E-state index is 12.1. The molecule has 1 aromatic carbocycles. The smallest absolute Gasteiger partial charge is 0.357 e. The van der Waals surface area contributed by atoms with Gasteiger partial charge in [-0.25, -0.2) is 9.59 Å². The molecule has 0 aliphatic carbocycles. The van der Waals surface area contributed by atoms with Crippen molar-refractivity contribution < 1.29 is 19.2 Å². The third kappa shape index (κ3) is 4.53. The Morgan fingerprint density at radius 3 is 2.36 bits per heavy atom. The quantitative estimate of drug-likeness (QED) is 0.395. The molecule has 0 N–H and O–H groups in total. The molecule has 0 aliphatic heterocycles. The summed E-state index contributed by atoms with van der Waals surface area (Å²) < 4.78 is 11.8. The Labute approximate surface area is 159 Å². The molecule has 0 saturated carbocycles. The molecule has 0 radical (unpaired) electrons. The van der Waals surface area contributed by atoms with Gasteiger partial charge in [0.15, 0.2) is 6.61 Å². The molecule has 0 aliphatic rings. The number of rotatable bonds is 7. The number of nitrogens with zero attached hydrogens (tertiary/aromatic N) is 3. The van der Waals surface area contributed by atoms with Gasteiger partial charge in [-0.2, -0.15) is 0 Å². The molecule has 2 rings (SSSR count). The molecule has 28 heavy (non-hydrogen) atoms. The van der Waals surface area contributed by atoms with E-state index >= 15 is 0 Å². The van der Waals surface area contributed by atoms with Crippen LogP contribution < -0.4 is 16.0 Å². The molecule has 2 aromatic rings. The Kier molecular flexibility index (Phi) is 6.48. The van der Waals surface area contributed by atoms with Crippen LogP contribution in [0.2, 0.25) is 0 Å². The van der Waals surface area contributed by atoms with Crippen LogP contribution in [0.1, 0.15) is 18.2 Å². The molecule has 0 saturated heterocycles. The number of hydrogen-bond acceptors (Lipinski definition) is 7. The molecule has 10 nitrogen and oxygen atoms in total. The summed E-state index contributed by atoms with van der Waals surface area (Å²) in [7, 11) is 2.53.